The van der Waals surface area contributed by atoms with E-state index in [1.165, 1.54) is 12.0 Å². The number of carbonyl (C=O) groups excluding carboxylic acids is 2. The molecule has 0 radical (unpaired) electrons. The predicted octanol–water partition coefficient (Wildman–Crippen LogP) is 3.77. The van der Waals surface area contributed by atoms with E-state index in [-0.39, 0.29) is 17.7 Å². The van der Waals surface area contributed by atoms with E-state index in [0.717, 1.165) is 0 Å². The van der Waals surface area contributed by atoms with E-state index in [9.17, 15) is 9.59 Å². The van der Waals surface area contributed by atoms with E-state index in [1.54, 1.807) is 56.6 Å². The lowest BCUT2D eigenvalue weighted by atomic mass is 10.0. The Morgan fingerprint density at radius 2 is 1.61 bits per heavy atom. The van der Waals surface area contributed by atoms with Crippen molar-refractivity contribution < 1.29 is 19.1 Å². The number of hydrogen-bond donors (Lipinski definition) is 1. The van der Waals surface area contributed by atoms with Gasteiger partial charge in [0.25, 0.3) is 5.91 Å². The lowest BCUT2D eigenvalue weighted by Gasteiger charge is -2.27. The van der Waals surface area contributed by atoms with Crippen LogP contribution in [-0.2, 0) is 4.79 Å². The quantitative estimate of drug-likeness (QED) is 0.762. The molecular formula is C21H25ClN2O4. The lowest BCUT2D eigenvalue weighted by molar-refractivity contribution is -0.121. The van der Waals surface area contributed by atoms with Gasteiger partial charge in [-0.15, -0.1) is 0 Å². The Labute approximate surface area is 170 Å². The van der Waals surface area contributed by atoms with Crippen LogP contribution < -0.4 is 19.7 Å². The van der Waals surface area contributed by atoms with Gasteiger partial charge in [0.2, 0.25) is 5.91 Å². The summed E-state index contributed by atoms with van der Waals surface area (Å²) < 4.78 is 10.5. The van der Waals surface area contributed by atoms with E-state index in [1.807, 2.05) is 13.8 Å². The van der Waals surface area contributed by atoms with Crippen LogP contribution in [0.3, 0.4) is 0 Å². The molecule has 2 aromatic carbocycles. The summed E-state index contributed by atoms with van der Waals surface area (Å²) in [6.45, 7) is 3.76. The van der Waals surface area contributed by atoms with Gasteiger partial charge >= 0.3 is 0 Å². The molecule has 0 bridgehead atoms. The summed E-state index contributed by atoms with van der Waals surface area (Å²) in [4.78, 5) is 27.1. The smallest absolute Gasteiger partial charge is 0.251 e. The minimum atomic E-state index is -0.693. The molecular weight excluding hydrogens is 380 g/mol. The highest BCUT2D eigenvalue weighted by atomic mass is 35.5. The molecule has 7 heteroatoms. The largest absolute Gasteiger partial charge is 0.493 e. The van der Waals surface area contributed by atoms with Crippen molar-refractivity contribution in [3.63, 3.8) is 0 Å². The molecule has 28 heavy (non-hydrogen) atoms. The SMILES string of the molecule is COc1ccc(N(C)C(=O)C(NC(=O)c2ccc(Cl)cc2)C(C)C)cc1OC. The molecule has 1 N–H and O–H groups in total. The summed E-state index contributed by atoms with van der Waals surface area (Å²) >= 11 is 5.87. The van der Waals surface area contributed by atoms with E-state index in [0.29, 0.717) is 27.8 Å². The van der Waals surface area contributed by atoms with Crippen LogP contribution in [0.4, 0.5) is 5.69 Å². The number of carbonyl (C=O) groups is 2. The third-order valence-corrected chi connectivity index (χ3v) is 4.66. The van der Waals surface area contributed by atoms with Gasteiger partial charge in [0.15, 0.2) is 11.5 Å². The number of amides is 2. The van der Waals surface area contributed by atoms with E-state index < -0.39 is 6.04 Å². The fourth-order valence-corrected chi connectivity index (χ4v) is 2.83. The summed E-state index contributed by atoms with van der Waals surface area (Å²) in [7, 11) is 4.74. The van der Waals surface area contributed by atoms with Gasteiger partial charge in [0.05, 0.1) is 14.2 Å². The normalized spacial score (nSPS) is 11.7. The van der Waals surface area contributed by atoms with Gasteiger partial charge in [-0.3, -0.25) is 9.59 Å². The molecule has 2 aromatic rings. The number of nitrogens with zero attached hydrogens (tertiary/aromatic N) is 1. The minimum Gasteiger partial charge on any atom is -0.493 e. The molecule has 1 atom stereocenters. The summed E-state index contributed by atoms with van der Waals surface area (Å²) in [5.74, 6) is 0.426. The van der Waals surface area contributed by atoms with Crippen molar-refractivity contribution in [3.05, 3.63) is 53.1 Å². The predicted molar refractivity (Wildman–Crippen MR) is 111 cm³/mol. The van der Waals surface area contributed by atoms with E-state index in [2.05, 4.69) is 5.32 Å². The molecule has 0 aromatic heterocycles. The number of halogens is 1. The van der Waals surface area contributed by atoms with Gasteiger partial charge in [-0.25, -0.2) is 0 Å². The molecule has 1 unspecified atom stereocenters. The molecule has 0 spiro atoms. The van der Waals surface area contributed by atoms with Crippen molar-refractivity contribution in [2.45, 2.75) is 19.9 Å². The first-order valence-corrected chi connectivity index (χ1v) is 9.22. The Morgan fingerprint density at radius 1 is 1.00 bits per heavy atom. The molecule has 6 nitrogen and oxygen atoms in total. The molecule has 0 aliphatic heterocycles. The number of anilines is 1. The van der Waals surface area contributed by atoms with E-state index in [4.69, 9.17) is 21.1 Å². The molecule has 2 rings (SSSR count). The molecule has 0 saturated carbocycles. The Hall–Kier alpha value is -2.73. The van der Waals surface area contributed by atoms with Gasteiger partial charge in [0.1, 0.15) is 6.04 Å². The highest BCUT2D eigenvalue weighted by molar-refractivity contribution is 6.30. The summed E-state index contributed by atoms with van der Waals surface area (Å²) in [6, 6.07) is 11.0. The first kappa shape index (κ1) is 21.6. The summed E-state index contributed by atoms with van der Waals surface area (Å²) in [6.07, 6.45) is 0. The van der Waals surface area contributed by atoms with Crippen molar-refractivity contribution in [3.8, 4) is 11.5 Å². The molecule has 2 amide bonds. The fraction of sp³-hybridized carbons (Fsp3) is 0.333. The van der Waals surface area contributed by atoms with Crippen molar-refractivity contribution in [2.24, 2.45) is 5.92 Å². The standard InChI is InChI=1S/C21H25ClN2O4/c1-13(2)19(23-20(25)14-6-8-15(22)9-7-14)21(26)24(3)16-10-11-17(27-4)18(12-16)28-5/h6-13,19H,1-5H3,(H,23,25). The van der Waals surface area contributed by atoms with Crippen LogP contribution in [0, 0.1) is 5.92 Å². The molecule has 0 saturated heterocycles. The number of methoxy groups -OCH3 is 2. The highest BCUT2D eigenvalue weighted by Gasteiger charge is 2.28. The van der Waals surface area contributed by atoms with Crippen molar-refractivity contribution >= 4 is 29.1 Å². The second-order valence-electron chi connectivity index (χ2n) is 6.64. The van der Waals surface area contributed by atoms with Crippen LogP contribution in [-0.4, -0.2) is 39.1 Å². The minimum absolute atomic E-state index is 0.105. The monoisotopic (exact) mass is 404 g/mol. The number of hydrogen-bond acceptors (Lipinski definition) is 4. The number of ether oxygens (including phenoxy) is 2. The maximum absolute atomic E-state index is 13.1. The zero-order valence-corrected chi connectivity index (χ0v) is 17.4. The van der Waals surface area contributed by atoms with Crippen LogP contribution in [0.1, 0.15) is 24.2 Å². The van der Waals surface area contributed by atoms with Gasteiger partial charge in [-0.2, -0.15) is 0 Å². The summed E-state index contributed by atoms with van der Waals surface area (Å²) in [5, 5.41) is 3.37. The van der Waals surface area contributed by atoms with E-state index >= 15 is 0 Å². The first-order valence-electron chi connectivity index (χ1n) is 8.84. The van der Waals surface area contributed by atoms with Crippen LogP contribution in [0.2, 0.25) is 5.02 Å². The lowest BCUT2D eigenvalue weighted by Crippen LogP contribution is -2.50. The van der Waals surface area contributed by atoms with Gasteiger partial charge in [-0.1, -0.05) is 25.4 Å². The Morgan fingerprint density at radius 3 is 2.14 bits per heavy atom. The topological polar surface area (TPSA) is 67.9 Å². The van der Waals surface area contributed by atoms with Gasteiger partial charge < -0.3 is 19.7 Å². The maximum atomic E-state index is 13.1. The molecule has 0 heterocycles. The van der Waals surface area contributed by atoms with Crippen LogP contribution in [0.5, 0.6) is 11.5 Å². The zero-order chi connectivity index (χ0) is 20.8. The maximum Gasteiger partial charge on any atom is 0.251 e. The third-order valence-electron chi connectivity index (χ3n) is 4.41. The third kappa shape index (κ3) is 4.95. The number of benzene rings is 2. The summed E-state index contributed by atoms with van der Waals surface area (Å²) in [5.41, 5.74) is 1.07. The average molecular weight is 405 g/mol. The van der Waals surface area contributed by atoms with Crippen molar-refractivity contribution in [2.75, 3.05) is 26.2 Å². The highest BCUT2D eigenvalue weighted by Crippen LogP contribution is 2.31. The molecule has 0 fully saturated rings. The van der Waals surface area contributed by atoms with Gasteiger partial charge in [0, 0.05) is 29.4 Å². The second-order valence-corrected chi connectivity index (χ2v) is 7.08. The number of likely N-dealkylation sites (N-methyl/N-ethyl adjacent to an activating group) is 1. The molecule has 150 valence electrons. The van der Waals surface area contributed by atoms with Crippen molar-refractivity contribution in [1.82, 2.24) is 5.32 Å². The van der Waals surface area contributed by atoms with Crippen molar-refractivity contribution in [1.29, 1.82) is 0 Å². The Bertz CT molecular complexity index is 837. The number of rotatable bonds is 7. The van der Waals surface area contributed by atoms with Crippen LogP contribution >= 0.6 is 11.6 Å². The Balaban J connectivity index is 2.22. The van der Waals surface area contributed by atoms with Gasteiger partial charge in [-0.05, 0) is 42.3 Å². The number of nitrogens with one attached hydrogen (secondary N) is 1. The van der Waals surface area contributed by atoms with Crippen LogP contribution in [0.15, 0.2) is 42.5 Å². The average Bonchev–Trinajstić information content (AvgIpc) is 2.70. The first-order chi connectivity index (χ1) is 13.3. The fourth-order valence-electron chi connectivity index (χ4n) is 2.71. The molecule has 0 aliphatic rings. The Kier molecular flexibility index (Phi) is 7.29. The van der Waals surface area contributed by atoms with Crippen LogP contribution in [0.25, 0.3) is 0 Å². The second kappa shape index (κ2) is 9.46. The molecule has 0 aliphatic carbocycles. The zero-order valence-electron chi connectivity index (χ0n) is 16.7.